The molecule has 0 aliphatic heterocycles. The normalized spacial score (nSPS) is 12.3. The second-order valence-corrected chi connectivity index (χ2v) is 13.3. The van der Waals surface area contributed by atoms with Gasteiger partial charge in [0.2, 0.25) is 11.8 Å². The summed E-state index contributed by atoms with van der Waals surface area (Å²) in [7, 11) is -4.29. The van der Waals surface area contributed by atoms with Crippen LogP contribution in [0.25, 0.3) is 0 Å². The fourth-order valence-corrected chi connectivity index (χ4v) is 6.08. The molecular weight excluding hydrogens is 584 g/mol. The number of nitrogens with one attached hydrogen (secondary N) is 1. The van der Waals surface area contributed by atoms with Gasteiger partial charge in [-0.1, -0.05) is 60.7 Å². The summed E-state index contributed by atoms with van der Waals surface area (Å²) in [5.41, 5.74) is 0.767. The predicted molar refractivity (Wildman–Crippen MR) is 166 cm³/mol. The number of halogens is 2. The average Bonchev–Trinajstić information content (AvgIpc) is 2.99. The van der Waals surface area contributed by atoms with Crippen molar-refractivity contribution in [1.29, 1.82) is 0 Å². The third-order valence-electron chi connectivity index (χ3n) is 6.76. The van der Waals surface area contributed by atoms with Gasteiger partial charge in [-0.05, 0) is 80.4 Å². The number of sulfonamides is 1. The van der Waals surface area contributed by atoms with Gasteiger partial charge in [-0.3, -0.25) is 13.9 Å². The summed E-state index contributed by atoms with van der Waals surface area (Å²) >= 11 is 0. The summed E-state index contributed by atoms with van der Waals surface area (Å²) in [6.07, 6.45) is 0.137. The average molecular weight is 620 g/mol. The Morgan fingerprint density at radius 3 is 1.82 bits per heavy atom. The predicted octanol–water partition coefficient (Wildman–Crippen LogP) is 5.71. The Labute approximate surface area is 257 Å². The minimum absolute atomic E-state index is 0.0616. The zero-order chi connectivity index (χ0) is 31.9. The van der Waals surface area contributed by atoms with Crippen molar-refractivity contribution in [2.24, 2.45) is 0 Å². The Morgan fingerprint density at radius 2 is 1.27 bits per heavy atom. The topological polar surface area (TPSA) is 86.8 Å². The van der Waals surface area contributed by atoms with Gasteiger partial charge in [0, 0.05) is 18.5 Å². The molecule has 0 aromatic heterocycles. The largest absolute Gasteiger partial charge is 0.350 e. The number of carbonyl (C=O) groups is 2. The summed E-state index contributed by atoms with van der Waals surface area (Å²) in [5, 5.41) is 2.95. The summed E-state index contributed by atoms with van der Waals surface area (Å²) in [4.78, 5) is 29.4. The van der Waals surface area contributed by atoms with E-state index in [1.54, 1.807) is 18.2 Å². The van der Waals surface area contributed by atoms with Gasteiger partial charge >= 0.3 is 0 Å². The highest BCUT2D eigenvalue weighted by atomic mass is 32.2. The van der Waals surface area contributed by atoms with E-state index in [-0.39, 0.29) is 23.5 Å². The maximum atomic E-state index is 14.3. The Morgan fingerprint density at radius 1 is 0.750 bits per heavy atom. The second kappa shape index (κ2) is 13.8. The van der Waals surface area contributed by atoms with Crippen molar-refractivity contribution in [1.82, 2.24) is 10.2 Å². The van der Waals surface area contributed by atoms with Crippen LogP contribution in [0, 0.1) is 11.6 Å². The SMILES string of the molecule is CC(C)(C)NC(=O)[C@@H](Cc1ccccc1)N(Cc1ccc(F)cc1)C(=O)CN(c1ccc(F)cc1)S(=O)(=O)c1ccccc1. The van der Waals surface area contributed by atoms with Crippen molar-refractivity contribution >= 4 is 27.5 Å². The van der Waals surface area contributed by atoms with Crippen molar-refractivity contribution < 1.29 is 26.8 Å². The fourth-order valence-electron chi connectivity index (χ4n) is 4.65. The Kier molecular flexibility index (Phi) is 10.2. The second-order valence-electron chi connectivity index (χ2n) is 11.4. The lowest BCUT2D eigenvalue weighted by atomic mass is 10.0. The smallest absolute Gasteiger partial charge is 0.264 e. The van der Waals surface area contributed by atoms with Crippen LogP contribution in [0.4, 0.5) is 14.5 Å². The van der Waals surface area contributed by atoms with E-state index in [1.807, 2.05) is 51.1 Å². The first-order valence-corrected chi connectivity index (χ1v) is 15.5. The highest BCUT2D eigenvalue weighted by Crippen LogP contribution is 2.25. The third-order valence-corrected chi connectivity index (χ3v) is 8.55. The molecule has 0 radical (unpaired) electrons. The van der Waals surface area contributed by atoms with Crippen LogP contribution in [0.2, 0.25) is 0 Å². The van der Waals surface area contributed by atoms with Crippen molar-refractivity contribution in [3.8, 4) is 0 Å². The standard InChI is InChI=1S/C34H35F2N3O4S/c1-34(2,3)37-33(41)31(22-25-10-6-4-7-11-25)38(23-26-14-16-27(35)17-15-26)32(40)24-39(29-20-18-28(36)19-21-29)44(42,43)30-12-8-5-9-13-30/h4-21,31H,22-24H2,1-3H3,(H,37,41)/t31-/m1/s1. The molecule has 4 aromatic rings. The molecule has 0 spiro atoms. The van der Waals surface area contributed by atoms with Crippen LogP contribution in [0.3, 0.4) is 0 Å². The van der Waals surface area contributed by atoms with E-state index in [0.29, 0.717) is 5.56 Å². The van der Waals surface area contributed by atoms with Crippen LogP contribution in [-0.4, -0.2) is 43.3 Å². The zero-order valence-corrected chi connectivity index (χ0v) is 25.6. The van der Waals surface area contributed by atoms with Gasteiger partial charge < -0.3 is 10.2 Å². The summed E-state index contributed by atoms with van der Waals surface area (Å²) in [6, 6.07) is 26.0. The highest BCUT2D eigenvalue weighted by Gasteiger charge is 2.35. The van der Waals surface area contributed by atoms with E-state index in [4.69, 9.17) is 0 Å². The lowest BCUT2D eigenvalue weighted by Gasteiger charge is -2.35. The number of carbonyl (C=O) groups excluding carboxylic acids is 2. The van der Waals surface area contributed by atoms with E-state index in [1.165, 1.54) is 53.4 Å². The molecule has 1 N–H and O–H groups in total. The molecule has 0 unspecified atom stereocenters. The van der Waals surface area contributed by atoms with Gasteiger partial charge in [-0.25, -0.2) is 17.2 Å². The quantitative estimate of drug-likeness (QED) is 0.233. The van der Waals surface area contributed by atoms with Gasteiger partial charge in [0.25, 0.3) is 10.0 Å². The number of anilines is 1. The summed E-state index contributed by atoms with van der Waals surface area (Å²) in [5.74, 6) is -2.15. The molecule has 7 nitrogen and oxygen atoms in total. The zero-order valence-electron chi connectivity index (χ0n) is 24.8. The first-order valence-electron chi connectivity index (χ1n) is 14.1. The molecule has 0 aliphatic carbocycles. The molecule has 0 aliphatic rings. The monoisotopic (exact) mass is 619 g/mol. The van der Waals surface area contributed by atoms with E-state index in [9.17, 15) is 26.8 Å². The number of benzene rings is 4. The van der Waals surface area contributed by atoms with E-state index in [0.717, 1.165) is 22.0 Å². The molecule has 10 heteroatoms. The van der Waals surface area contributed by atoms with Crippen LogP contribution >= 0.6 is 0 Å². The van der Waals surface area contributed by atoms with Crippen LogP contribution in [0.1, 0.15) is 31.9 Å². The molecule has 2 amide bonds. The number of rotatable bonds is 11. The van der Waals surface area contributed by atoms with Gasteiger partial charge in [-0.15, -0.1) is 0 Å². The van der Waals surface area contributed by atoms with E-state index >= 15 is 0 Å². The Balaban J connectivity index is 1.80. The van der Waals surface area contributed by atoms with Crippen LogP contribution in [0.15, 0.2) is 114 Å². The Hall–Kier alpha value is -4.57. The van der Waals surface area contributed by atoms with Gasteiger partial charge in [0.15, 0.2) is 0 Å². The number of hydrogen-bond acceptors (Lipinski definition) is 4. The van der Waals surface area contributed by atoms with E-state index in [2.05, 4.69) is 5.32 Å². The molecule has 0 bridgehead atoms. The molecule has 230 valence electrons. The molecule has 1 atom stereocenters. The van der Waals surface area contributed by atoms with Crippen LogP contribution in [-0.2, 0) is 32.6 Å². The van der Waals surface area contributed by atoms with Crippen LogP contribution in [0.5, 0.6) is 0 Å². The molecule has 0 heterocycles. The third kappa shape index (κ3) is 8.50. The van der Waals surface area contributed by atoms with Crippen molar-refractivity contribution in [3.63, 3.8) is 0 Å². The molecule has 0 saturated carbocycles. The minimum atomic E-state index is -4.29. The van der Waals surface area contributed by atoms with Gasteiger partial charge in [-0.2, -0.15) is 0 Å². The Bertz CT molecular complexity index is 1660. The number of nitrogens with zero attached hydrogens (tertiary/aromatic N) is 2. The first-order chi connectivity index (χ1) is 20.8. The summed E-state index contributed by atoms with van der Waals surface area (Å²) in [6.45, 7) is 4.67. The molecule has 4 rings (SSSR count). The lowest BCUT2D eigenvalue weighted by molar-refractivity contribution is -0.140. The molecule has 0 fully saturated rings. The maximum Gasteiger partial charge on any atom is 0.264 e. The fraction of sp³-hybridized carbons (Fsp3) is 0.235. The van der Waals surface area contributed by atoms with Crippen molar-refractivity contribution in [3.05, 3.63) is 132 Å². The van der Waals surface area contributed by atoms with Crippen molar-refractivity contribution in [2.75, 3.05) is 10.8 Å². The molecular formula is C34H35F2N3O4S. The molecule has 44 heavy (non-hydrogen) atoms. The number of hydrogen-bond donors (Lipinski definition) is 1. The molecule has 4 aromatic carbocycles. The van der Waals surface area contributed by atoms with Crippen molar-refractivity contribution in [2.45, 2.75) is 50.2 Å². The minimum Gasteiger partial charge on any atom is -0.350 e. The van der Waals surface area contributed by atoms with E-state index < -0.39 is 51.6 Å². The summed E-state index contributed by atoms with van der Waals surface area (Å²) < 4.78 is 56.3. The highest BCUT2D eigenvalue weighted by molar-refractivity contribution is 7.92. The lowest BCUT2D eigenvalue weighted by Crippen LogP contribution is -2.56. The first kappa shape index (κ1) is 32.3. The number of amides is 2. The van der Waals surface area contributed by atoms with Crippen LogP contribution < -0.4 is 9.62 Å². The molecule has 0 saturated heterocycles. The maximum absolute atomic E-state index is 14.3. The van der Waals surface area contributed by atoms with Gasteiger partial charge in [0.05, 0.1) is 10.6 Å². The van der Waals surface area contributed by atoms with Gasteiger partial charge in [0.1, 0.15) is 24.2 Å².